The highest BCUT2D eigenvalue weighted by atomic mass is 32.1. The van der Waals surface area contributed by atoms with Gasteiger partial charge in [0.05, 0.1) is 29.1 Å². The topological polar surface area (TPSA) is 72.3 Å². The van der Waals surface area contributed by atoms with Gasteiger partial charge in [-0.3, -0.25) is 4.79 Å². The van der Waals surface area contributed by atoms with Gasteiger partial charge in [0.25, 0.3) is 0 Å². The van der Waals surface area contributed by atoms with Crippen molar-refractivity contribution in [2.45, 2.75) is 26.3 Å². The van der Waals surface area contributed by atoms with E-state index in [2.05, 4.69) is 15.3 Å². The lowest BCUT2D eigenvalue weighted by Gasteiger charge is -2.31. The van der Waals surface area contributed by atoms with Gasteiger partial charge in [0.15, 0.2) is 10.8 Å². The molecule has 1 aliphatic heterocycles. The monoisotopic (exact) mass is 479 g/mol. The normalized spacial score (nSPS) is 16.1. The van der Waals surface area contributed by atoms with Gasteiger partial charge in [-0.15, -0.1) is 0 Å². The van der Waals surface area contributed by atoms with Crippen molar-refractivity contribution in [1.82, 2.24) is 20.1 Å². The first-order valence-electron chi connectivity index (χ1n) is 11.3. The van der Waals surface area contributed by atoms with Crippen LogP contribution in [0.1, 0.15) is 24.1 Å². The lowest BCUT2D eigenvalue weighted by atomic mass is 9.97. The number of halogens is 1. The van der Waals surface area contributed by atoms with Crippen LogP contribution in [0, 0.1) is 18.7 Å². The summed E-state index contributed by atoms with van der Waals surface area (Å²) in [6.07, 6.45) is 1.77. The summed E-state index contributed by atoms with van der Waals surface area (Å²) in [5, 5.41) is 8.55. The van der Waals surface area contributed by atoms with E-state index in [1.54, 1.807) is 35.3 Å². The number of hydrogen-bond donors (Lipinski definition) is 1. The van der Waals surface area contributed by atoms with Crippen LogP contribution in [0.4, 0.5) is 9.52 Å². The highest BCUT2D eigenvalue weighted by Crippen LogP contribution is 2.34. The van der Waals surface area contributed by atoms with Gasteiger partial charge in [-0.2, -0.15) is 10.1 Å². The molecule has 1 amide bonds. The number of para-hydroxylation sites is 1. The number of aromatic nitrogens is 3. The molecule has 4 aromatic rings. The molecule has 0 bridgehead atoms. The minimum atomic E-state index is -0.286. The molecular weight excluding hydrogens is 453 g/mol. The molecule has 0 spiro atoms. The van der Waals surface area contributed by atoms with Crippen molar-refractivity contribution in [2.24, 2.45) is 5.92 Å². The van der Waals surface area contributed by atoms with E-state index in [0.717, 1.165) is 57.6 Å². The van der Waals surface area contributed by atoms with E-state index in [9.17, 15) is 9.18 Å². The summed E-state index contributed by atoms with van der Waals surface area (Å²) in [7, 11) is 1.63. The predicted molar refractivity (Wildman–Crippen MR) is 131 cm³/mol. The van der Waals surface area contributed by atoms with Gasteiger partial charge in [-0.1, -0.05) is 29.5 Å². The molecule has 7 nitrogen and oxygen atoms in total. The summed E-state index contributed by atoms with van der Waals surface area (Å²) in [6.45, 7) is 3.87. The van der Waals surface area contributed by atoms with Crippen molar-refractivity contribution < 1.29 is 13.9 Å². The molecule has 1 aliphatic rings. The molecular formula is C25H26FN5O2S. The summed E-state index contributed by atoms with van der Waals surface area (Å²) in [4.78, 5) is 20.0. The Morgan fingerprint density at radius 2 is 2.03 bits per heavy atom. The molecule has 34 heavy (non-hydrogen) atoms. The van der Waals surface area contributed by atoms with Gasteiger partial charge in [0.2, 0.25) is 5.91 Å². The Balaban J connectivity index is 1.31. The van der Waals surface area contributed by atoms with E-state index in [0.29, 0.717) is 13.1 Å². The molecule has 9 heteroatoms. The Labute approximate surface area is 201 Å². The Morgan fingerprint density at radius 1 is 1.24 bits per heavy atom. The molecule has 0 radical (unpaired) electrons. The van der Waals surface area contributed by atoms with E-state index in [-0.39, 0.29) is 17.6 Å². The van der Waals surface area contributed by atoms with E-state index in [4.69, 9.17) is 9.72 Å². The number of benzene rings is 2. The lowest BCUT2D eigenvalue weighted by molar-refractivity contribution is -0.125. The standard InChI is InChI=1S/C25H26FN5O2S/c1-16-22-23(31(29-16)20-11-9-19(26)10-12-20)28-25(34-22)30-13-5-7-18(15-30)24(32)27-14-17-6-3-4-8-21(17)33-2/h3-4,6,8-12,18H,5,7,13-15H2,1-2H3,(H,27,32). The molecule has 0 aliphatic carbocycles. The van der Waals surface area contributed by atoms with Crippen molar-refractivity contribution in [1.29, 1.82) is 0 Å². The third kappa shape index (κ3) is 4.35. The Morgan fingerprint density at radius 3 is 2.82 bits per heavy atom. The van der Waals surface area contributed by atoms with Gasteiger partial charge in [-0.25, -0.2) is 9.07 Å². The van der Waals surface area contributed by atoms with Crippen LogP contribution in [0.2, 0.25) is 0 Å². The fraction of sp³-hybridized carbons (Fsp3) is 0.320. The molecule has 1 saturated heterocycles. The van der Waals surface area contributed by atoms with E-state index in [1.165, 1.54) is 12.1 Å². The fourth-order valence-electron chi connectivity index (χ4n) is 4.36. The number of amides is 1. The Kier molecular flexibility index (Phi) is 6.19. The van der Waals surface area contributed by atoms with Crippen LogP contribution in [0.3, 0.4) is 0 Å². The quantitative estimate of drug-likeness (QED) is 0.442. The number of aryl methyl sites for hydroxylation is 1. The first-order valence-corrected chi connectivity index (χ1v) is 12.1. The molecule has 2 aromatic heterocycles. The molecule has 176 valence electrons. The van der Waals surface area contributed by atoms with Crippen LogP contribution in [-0.2, 0) is 11.3 Å². The van der Waals surface area contributed by atoms with Crippen molar-refractivity contribution in [3.8, 4) is 11.4 Å². The number of ether oxygens (including phenoxy) is 1. The Hall–Kier alpha value is -3.46. The fourth-order valence-corrected chi connectivity index (χ4v) is 5.38. The third-order valence-electron chi connectivity index (χ3n) is 6.16. The highest BCUT2D eigenvalue weighted by molar-refractivity contribution is 7.22. The average Bonchev–Trinajstić information content (AvgIpc) is 3.44. The second-order valence-electron chi connectivity index (χ2n) is 8.44. The van der Waals surface area contributed by atoms with Crippen LogP contribution in [0.15, 0.2) is 48.5 Å². The van der Waals surface area contributed by atoms with Crippen molar-refractivity contribution in [3.05, 3.63) is 65.6 Å². The van der Waals surface area contributed by atoms with Crippen LogP contribution in [0.5, 0.6) is 5.75 Å². The lowest BCUT2D eigenvalue weighted by Crippen LogP contribution is -2.43. The van der Waals surface area contributed by atoms with Crippen molar-refractivity contribution >= 4 is 32.7 Å². The SMILES string of the molecule is COc1ccccc1CNC(=O)C1CCCN(c2nc3c(s2)c(C)nn3-c2ccc(F)cc2)C1. The number of fused-ring (bicyclic) bond motifs is 1. The number of nitrogens with zero attached hydrogens (tertiary/aromatic N) is 4. The second-order valence-corrected chi connectivity index (χ2v) is 9.42. The van der Waals surface area contributed by atoms with Crippen molar-refractivity contribution in [2.75, 3.05) is 25.1 Å². The van der Waals surface area contributed by atoms with Gasteiger partial charge in [0, 0.05) is 25.2 Å². The number of anilines is 1. The number of rotatable bonds is 6. The third-order valence-corrected chi connectivity index (χ3v) is 7.37. The average molecular weight is 480 g/mol. The highest BCUT2D eigenvalue weighted by Gasteiger charge is 2.28. The molecule has 3 heterocycles. The molecule has 1 atom stereocenters. The molecule has 1 unspecified atom stereocenters. The number of methoxy groups -OCH3 is 1. The number of carbonyl (C=O) groups is 1. The molecule has 5 rings (SSSR count). The number of hydrogen-bond acceptors (Lipinski definition) is 6. The number of piperidine rings is 1. The van der Waals surface area contributed by atoms with Crippen LogP contribution in [-0.4, -0.2) is 40.9 Å². The number of nitrogens with one attached hydrogen (secondary N) is 1. The van der Waals surface area contributed by atoms with Crippen LogP contribution < -0.4 is 15.0 Å². The van der Waals surface area contributed by atoms with E-state index < -0.39 is 0 Å². The Bertz CT molecular complexity index is 1320. The van der Waals surface area contributed by atoms with Gasteiger partial charge in [0.1, 0.15) is 11.6 Å². The summed E-state index contributed by atoms with van der Waals surface area (Å²) in [6, 6.07) is 13.9. The zero-order chi connectivity index (χ0) is 23.7. The minimum Gasteiger partial charge on any atom is -0.496 e. The molecule has 0 saturated carbocycles. The first-order chi connectivity index (χ1) is 16.5. The van der Waals surface area contributed by atoms with Crippen LogP contribution in [0.25, 0.3) is 16.0 Å². The number of carbonyl (C=O) groups excluding carboxylic acids is 1. The zero-order valence-corrected chi connectivity index (χ0v) is 19.9. The smallest absolute Gasteiger partial charge is 0.225 e. The van der Waals surface area contributed by atoms with Crippen LogP contribution >= 0.6 is 11.3 Å². The van der Waals surface area contributed by atoms with E-state index in [1.807, 2.05) is 31.2 Å². The summed E-state index contributed by atoms with van der Waals surface area (Å²) < 4.78 is 21.5. The van der Waals surface area contributed by atoms with Crippen molar-refractivity contribution in [3.63, 3.8) is 0 Å². The van der Waals surface area contributed by atoms with E-state index >= 15 is 0 Å². The van der Waals surface area contributed by atoms with Gasteiger partial charge < -0.3 is 15.0 Å². The molecule has 1 N–H and O–H groups in total. The summed E-state index contributed by atoms with van der Waals surface area (Å²) in [5.74, 6) is 0.426. The molecule has 1 fully saturated rings. The summed E-state index contributed by atoms with van der Waals surface area (Å²) >= 11 is 1.59. The molecule has 2 aromatic carbocycles. The number of thiazole rings is 1. The largest absolute Gasteiger partial charge is 0.496 e. The summed E-state index contributed by atoms with van der Waals surface area (Å²) in [5.41, 5.74) is 3.36. The maximum absolute atomic E-state index is 13.4. The second kappa shape index (κ2) is 9.42. The van der Waals surface area contributed by atoms with Gasteiger partial charge >= 0.3 is 0 Å². The minimum absolute atomic E-state index is 0.0467. The maximum atomic E-state index is 13.4. The predicted octanol–water partition coefficient (Wildman–Crippen LogP) is 4.47. The maximum Gasteiger partial charge on any atom is 0.225 e. The van der Waals surface area contributed by atoms with Gasteiger partial charge in [-0.05, 0) is 50.1 Å². The first kappa shape index (κ1) is 22.3. The zero-order valence-electron chi connectivity index (χ0n) is 19.1.